The molecule has 2 aromatic carbocycles. The molecule has 0 aliphatic heterocycles. The second-order valence-electron chi connectivity index (χ2n) is 6.83. The predicted molar refractivity (Wildman–Crippen MR) is 112 cm³/mol. The lowest BCUT2D eigenvalue weighted by Gasteiger charge is -2.20. The number of allylic oxidation sites excluding steroid dienone is 2. The van der Waals surface area contributed by atoms with Crippen molar-refractivity contribution in [3.05, 3.63) is 48.0 Å². The summed E-state index contributed by atoms with van der Waals surface area (Å²) < 4.78 is 5.66. The number of methoxy groups -OCH3 is 1. The summed E-state index contributed by atoms with van der Waals surface area (Å²) in [5.74, 6) is 1.18. The summed E-state index contributed by atoms with van der Waals surface area (Å²) in [5.41, 5.74) is 7.80. The van der Waals surface area contributed by atoms with Crippen molar-refractivity contribution in [1.29, 1.82) is 0 Å². The zero-order valence-electron chi connectivity index (χ0n) is 15.2. The lowest BCUT2D eigenvalue weighted by atomic mass is 9.87. The number of nitrogens with two attached hydrogens (primary N) is 1. The Kier molecular flexibility index (Phi) is 6.17. The average Bonchev–Trinajstić information content (AvgIpc) is 2.71. The van der Waals surface area contributed by atoms with E-state index in [1.807, 2.05) is 18.2 Å². The van der Waals surface area contributed by atoms with Crippen LogP contribution in [0.15, 0.2) is 42.5 Å². The number of benzene rings is 2. The maximum atomic E-state index is 12.4. The molecule has 0 fully saturated rings. The lowest BCUT2D eigenvalue weighted by Crippen LogP contribution is -2.17. The third-order valence-corrected chi connectivity index (χ3v) is 5.57. The number of ketones is 1. The molecule has 1 atom stereocenters. The fourth-order valence-corrected chi connectivity index (χ4v) is 3.98. The van der Waals surface area contributed by atoms with Crippen molar-refractivity contribution < 1.29 is 9.53 Å². The largest absolute Gasteiger partial charge is 0.496 e. The Morgan fingerprint density at radius 3 is 2.62 bits per heavy atom. The molecular weight excluding hydrogens is 342 g/mol. The molecule has 2 N–H and O–H groups in total. The monoisotopic (exact) mass is 367 g/mol. The Hall–Kier alpha value is -2.04. The number of fused-ring (bicyclic) bond motifs is 1. The summed E-state index contributed by atoms with van der Waals surface area (Å²) in [4.78, 5) is 13.5. The Balaban J connectivity index is 2.10. The van der Waals surface area contributed by atoms with E-state index in [2.05, 4.69) is 18.2 Å². The first-order valence-electron chi connectivity index (χ1n) is 9.15. The van der Waals surface area contributed by atoms with Crippen LogP contribution in [0.2, 0.25) is 0 Å². The molecule has 0 radical (unpaired) electrons. The van der Waals surface area contributed by atoms with Crippen LogP contribution in [0.25, 0.3) is 16.3 Å². The van der Waals surface area contributed by atoms with Crippen molar-refractivity contribution in [2.75, 3.05) is 13.7 Å². The van der Waals surface area contributed by atoms with Gasteiger partial charge in [0.05, 0.1) is 7.11 Å². The van der Waals surface area contributed by atoms with E-state index in [-0.39, 0.29) is 11.7 Å². The molecule has 0 amide bonds. The SMILES string of the molecule is COc1cc2ccccc2cc1/C1=C/C(=O)CCCC(=S)C(CCN)C1. The summed E-state index contributed by atoms with van der Waals surface area (Å²) in [6, 6.07) is 12.3. The summed E-state index contributed by atoms with van der Waals surface area (Å²) in [6.45, 7) is 0.598. The number of rotatable bonds is 4. The topological polar surface area (TPSA) is 52.3 Å². The Labute approximate surface area is 160 Å². The molecule has 0 bridgehead atoms. The van der Waals surface area contributed by atoms with Crippen LogP contribution in [0.4, 0.5) is 0 Å². The molecule has 0 saturated heterocycles. The Morgan fingerprint density at radius 1 is 1.19 bits per heavy atom. The van der Waals surface area contributed by atoms with Gasteiger partial charge in [-0.05, 0) is 77.6 Å². The first-order chi connectivity index (χ1) is 12.6. The molecule has 0 spiro atoms. The molecule has 1 unspecified atom stereocenters. The fraction of sp³-hybridized carbons (Fsp3) is 0.364. The van der Waals surface area contributed by atoms with Crippen molar-refractivity contribution in [1.82, 2.24) is 0 Å². The van der Waals surface area contributed by atoms with Gasteiger partial charge in [-0.1, -0.05) is 36.5 Å². The van der Waals surface area contributed by atoms with Crippen LogP contribution in [0.1, 0.15) is 37.7 Å². The average molecular weight is 368 g/mol. The summed E-state index contributed by atoms with van der Waals surface area (Å²) in [5, 5.41) is 2.26. The Bertz CT molecular complexity index is 856. The maximum absolute atomic E-state index is 12.4. The fourth-order valence-electron chi connectivity index (χ4n) is 3.64. The van der Waals surface area contributed by atoms with E-state index < -0.39 is 0 Å². The second kappa shape index (κ2) is 8.56. The van der Waals surface area contributed by atoms with Gasteiger partial charge in [0, 0.05) is 12.0 Å². The van der Waals surface area contributed by atoms with Crippen molar-refractivity contribution in [2.24, 2.45) is 11.7 Å². The molecule has 26 heavy (non-hydrogen) atoms. The van der Waals surface area contributed by atoms with Crippen LogP contribution in [0, 0.1) is 5.92 Å². The minimum Gasteiger partial charge on any atom is -0.496 e. The van der Waals surface area contributed by atoms with Gasteiger partial charge in [-0.3, -0.25) is 4.79 Å². The van der Waals surface area contributed by atoms with Gasteiger partial charge in [0.2, 0.25) is 0 Å². The maximum Gasteiger partial charge on any atom is 0.155 e. The van der Waals surface area contributed by atoms with Gasteiger partial charge in [0.15, 0.2) is 5.78 Å². The number of ether oxygens (including phenoxy) is 1. The smallest absolute Gasteiger partial charge is 0.155 e. The summed E-state index contributed by atoms with van der Waals surface area (Å²) in [6.07, 6.45) is 5.55. The molecular formula is C22H25NO2S. The quantitative estimate of drug-likeness (QED) is 0.795. The van der Waals surface area contributed by atoms with Crippen LogP contribution in [0.3, 0.4) is 0 Å². The van der Waals surface area contributed by atoms with E-state index in [9.17, 15) is 4.79 Å². The van der Waals surface area contributed by atoms with Crippen LogP contribution in [-0.4, -0.2) is 24.3 Å². The van der Waals surface area contributed by atoms with Gasteiger partial charge in [0.25, 0.3) is 0 Å². The first-order valence-corrected chi connectivity index (χ1v) is 9.56. The predicted octanol–water partition coefficient (Wildman–Crippen LogP) is 4.71. The van der Waals surface area contributed by atoms with Gasteiger partial charge in [-0.15, -0.1) is 0 Å². The molecule has 4 heteroatoms. The number of thiocarbonyl (C=S) groups is 1. The molecule has 1 aliphatic carbocycles. The molecule has 3 rings (SSSR count). The van der Waals surface area contributed by atoms with Crippen molar-refractivity contribution in [3.63, 3.8) is 0 Å². The van der Waals surface area contributed by atoms with Crippen LogP contribution in [0.5, 0.6) is 5.75 Å². The minimum absolute atomic E-state index is 0.159. The first kappa shape index (κ1) is 18.7. The van der Waals surface area contributed by atoms with Gasteiger partial charge in [0.1, 0.15) is 5.75 Å². The van der Waals surface area contributed by atoms with E-state index in [1.54, 1.807) is 13.2 Å². The normalized spacial score (nSPS) is 20.8. The summed E-state index contributed by atoms with van der Waals surface area (Å²) >= 11 is 5.65. The zero-order chi connectivity index (χ0) is 18.5. The van der Waals surface area contributed by atoms with Crippen molar-refractivity contribution in [3.8, 4) is 5.75 Å². The zero-order valence-corrected chi connectivity index (χ0v) is 16.0. The highest BCUT2D eigenvalue weighted by molar-refractivity contribution is 7.80. The van der Waals surface area contributed by atoms with Crippen LogP contribution in [-0.2, 0) is 4.79 Å². The third kappa shape index (κ3) is 4.19. The van der Waals surface area contributed by atoms with E-state index in [1.165, 1.54) is 0 Å². The molecule has 3 nitrogen and oxygen atoms in total. The number of hydrogen-bond donors (Lipinski definition) is 1. The molecule has 136 valence electrons. The van der Waals surface area contributed by atoms with E-state index in [0.717, 1.165) is 58.2 Å². The molecule has 0 saturated carbocycles. The van der Waals surface area contributed by atoms with Crippen LogP contribution >= 0.6 is 12.2 Å². The van der Waals surface area contributed by atoms with Crippen molar-refractivity contribution >= 4 is 39.2 Å². The highest BCUT2D eigenvalue weighted by Gasteiger charge is 2.21. The second-order valence-corrected chi connectivity index (χ2v) is 7.36. The number of carbonyl (C=O) groups is 1. The van der Waals surface area contributed by atoms with Crippen molar-refractivity contribution in [2.45, 2.75) is 32.1 Å². The van der Waals surface area contributed by atoms with Gasteiger partial charge >= 0.3 is 0 Å². The minimum atomic E-state index is 0.159. The molecule has 2 aromatic rings. The standard InChI is InChI=1S/C22H25NO2S/c1-25-21-14-16-6-3-2-5-15(16)13-20(21)18-11-17(9-10-23)22(26)8-4-7-19(24)12-18/h2-3,5-6,12-14,17H,4,7-11,23H2,1H3/b18-12+. The summed E-state index contributed by atoms with van der Waals surface area (Å²) in [7, 11) is 1.67. The van der Waals surface area contributed by atoms with E-state index in [4.69, 9.17) is 22.7 Å². The van der Waals surface area contributed by atoms with Gasteiger partial charge in [-0.25, -0.2) is 0 Å². The molecule has 0 aromatic heterocycles. The molecule has 1 aliphatic rings. The van der Waals surface area contributed by atoms with E-state index >= 15 is 0 Å². The third-order valence-electron chi connectivity index (χ3n) is 5.03. The van der Waals surface area contributed by atoms with Crippen LogP contribution < -0.4 is 10.5 Å². The number of hydrogen-bond acceptors (Lipinski definition) is 4. The van der Waals surface area contributed by atoms with Gasteiger partial charge in [-0.2, -0.15) is 0 Å². The lowest BCUT2D eigenvalue weighted by molar-refractivity contribution is -0.114. The van der Waals surface area contributed by atoms with E-state index in [0.29, 0.717) is 13.0 Å². The number of carbonyl (C=O) groups excluding carboxylic acids is 1. The molecule has 0 heterocycles. The highest BCUT2D eigenvalue weighted by Crippen LogP contribution is 2.36. The van der Waals surface area contributed by atoms with Gasteiger partial charge < -0.3 is 10.5 Å². The Morgan fingerprint density at radius 2 is 1.92 bits per heavy atom. The highest BCUT2D eigenvalue weighted by atomic mass is 32.1.